The van der Waals surface area contributed by atoms with E-state index in [2.05, 4.69) is 36.5 Å². The summed E-state index contributed by atoms with van der Waals surface area (Å²) >= 11 is 21.9. The van der Waals surface area contributed by atoms with Gasteiger partial charge in [0.25, 0.3) is 5.91 Å². The van der Waals surface area contributed by atoms with Crippen molar-refractivity contribution in [2.45, 2.75) is 27.1 Å². The summed E-state index contributed by atoms with van der Waals surface area (Å²) in [6.07, 6.45) is 3.32. The summed E-state index contributed by atoms with van der Waals surface area (Å²) in [5, 5.41) is 17.2. The molecule has 0 aliphatic rings. The smallest absolute Gasteiger partial charge is 0.277 e. The SMILES string of the molecule is Cc1nn(Cn2ccc(C(=O)Nc3nn(Cc4ccc(Cl)cc4Cl)cc3Cl)n2)c(C)c1Br. The van der Waals surface area contributed by atoms with Crippen LogP contribution in [0.5, 0.6) is 0 Å². The second-order valence-corrected chi connectivity index (χ2v) is 9.12. The maximum atomic E-state index is 12.7. The Morgan fingerprint density at radius 2 is 1.84 bits per heavy atom. The summed E-state index contributed by atoms with van der Waals surface area (Å²) < 4.78 is 5.97. The normalized spacial score (nSPS) is 11.2. The summed E-state index contributed by atoms with van der Waals surface area (Å²) in [5.74, 6) is -0.186. The Labute approximate surface area is 207 Å². The predicted octanol–water partition coefficient (Wildman–Crippen LogP) is 5.42. The molecule has 0 aliphatic heterocycles. The molecule has 0 atom stereocenters. The molecule has 32 heavy (non-hydrogen) atoms. The van der Waals surface area contributed by atoms with Crippen molar-refractivity contribution in [2.24, 2.45) is 0 Å². The predicted molar refractivity (Wildman–Crippen MR) is 128 cm³/mol. The van der Waals surface area contributed by atoms with Gasteiger partial charge < -0.3 is 5.32 Å². The van der Waals surface area contributed by atoms with Gasteiger partial charge in [-0.25, -0.2) is 4.68 Å². The highest BCUT2D eigenvalue weighted by Crippen LogP contribution is 2.25. The first kappa shape index (κ1) is 22.8. The molecule has 4 aromatic rings. The Hall–Kier alpha value is -2.33. The minimum atomic E-state index is -0.421. The topological polar surface area (TPSA) is 82.6 Å². The first-order valence-electron chi connectivity index (χ1n) is 9.42. The van der Waals surface area contributed by atoms with Crippen molar-refractivity contribution in [1.29, 1.82) is 0 Å². The van der Waals surface area contributed by atoms with Crippen molar-refractivity contribution < 1.29 is 4.79 Å². The Bertz CT molecular complexity index is 1310. The lowest BCUT2D eigenvalue weighted by Gasteiger charge is -2.05. The van der Waals surface area contributed by atoms with E-state index in [4.69, 9.17) is 34.8 Å². The van der Waals surface area contributed by atoms with E-state index < -0.39 is 5.91 Å². The van der Waals surface area contributed by atoms with E-state index in [9.17, 15) is 4.79 Å². The Morgan fingerprint density at radius 1 is 1.06 bits per heavy atom. The number of hydrogen-bond donors (Lipinski definition) is 1. The fourth-order valence-electron chi connectivity index (χ4n) is 3.07. The molecule has 0 spiro atoms. The van der Waals surface area contributed by atoms with Crippen LogP contribution in [0.2, 0.25) is 15.1 Å². The van der Waals surface area contributed by atoms with E-state index in [0.717, 1.165) is 21.4 Å². The number of carbonyl (C=O) groups excluding carboxylic acids is 1. The minimum Gasteiger partial charge on any atom is -0.302 e. The number of rotatable bonds is 6. The van der Waals surface area contributed by atoms with Crippen molar-refractivity contribution in [3.63, 3.8) is 0 Å². The van der Waals surface area contributed by atoms with Crippen LogP contribution in [-0.4, -0.2) is 35.2 Å². The highest BCUT2D eigenvalue weighted by Gasteiger charge is 2.16. The highest BCUT2D eigenvalue weighted by molar-refractivity contribution is 9.10. The molecule has 0 fully saturated rings. The third-order valence-electron chi connectivity index (χ3n) is 4.74. The van der Waals surface area contributed by atoms with Crippen LogP contribution in [0.1, 0.15) is 27.4 Å². The molecule has 0 saturated heterocycles. The fraction of sp³-hybridized carbons (Fsp3) is 0.200. The van der Waals surface area contributed by atoms with Crippen LogP contribution in [0.4, 0.5) is 5.82 Å². The standard InChI is InChI=1S/C20H17BrCl3N7O/c1-11-18(21)12(2)31(26-11)10-29-6-5-17(27-29)20(32)25-19-16(24)9-30(28-19)8-13-3-4-14(22)7-15(13)23/h3-7,9H,8,10H2,1-2H3,(H,25,28,32). The molecule has 0 aliphatic carbocycles. The van der Waals surface area contributed by atoms with Crippen molar-refractivity contribution in [3.8, 4) is 0 Å². The van der Waals surface area contributed by atoms with Gasteiger partial charge in [0.2, 0.25) is 0 Å². The molecule has 1 aromatic carbocycles. The molecule has 0 unspecified atom stereocenters. The van der Waals surface area contributed by atoms with Gasteiger partial charge >= 0.3 is 0 Å². The van der Waals surface area contributed by atoms with Gasteiger partial charge in [-0.2, -0.15) is 15.3 Å². The van der Waals surface area contributed by atoms with Crippen molar-refractivity contribution in [1.82, 2.24) is 29.3 Å². The number of carbonyl (C=O) groups is 1. The van der Waals surface area contributed by atoms with Gasteiger partial charge in [0.1, 0.15) is 11.7 Å². The number of nitrogens with zero attached hydrogens (tertiary/aromatic N) is 6. The molecule has 1 amide bonds. The van der Waals surface area contributed by atoms with Gasteiger partial charge in [-0.05, 0) is 53.5 Å². The molecule has 12 heteroatoms. The number of halogens is 4. The highest BCUT2D eigenvalue weighted by atomic mass is 79.9. The van der Waals surface area contributed by atoms with E-state index in [1.165, 1.54) is 0 Å². The summed E-state index contributed by atoms with van der Waals surface area (Å²) in [4.78, 5) is 12.7. The van der Waals surface area contributed by atoms with Gasteiger partial charge in [0, 0.05) is 22.4 Å². The fourth-order valence-corrected chi connectivity index (χ4v) is 4.02. The summed E-state index contributed by atoms with van der Waals surface area (Å²) in [6.45, 7) is 4.62. The van der Waals surface area contributed by atoms with Crippen molar-refractivity contribution in [2.75, 3.05) is 5.32 Å². The van der Waals surface area contributed by atoms with Crippen LogP contribution in [0, 0.1) is 13.8 Å². The molecular weight excluding hydrogens is 541 g/mol. The zero-order valence-corrected chi connectivity index (χ0v) is 20.8. The van der Waals surface area contributed by atoms with Gasteiger partial charge in [-0.3, -0.25) is 14.2 Å². The van der Waals surface area contributed by atoms with Crippen molar-refractivity contribution in [3.05, 3.63) is 78.8 Å². The van der Waals surface area contributed by atoms with Crippen LogP contribution in [0.3, 0.4) is 0 Å². The minimum absolute atomic E-state index is 0.233. The van der Waals surface area contributed by atoms with Gasteiger partial charge in [0.15, 0.2) is 11.5 Å². The number of anilines is 1. The first-order chi connectivity index (χ1) is 15.2. The third-order valence-corrected chi connectivity index (χ3v) is 6.75. The summed E-state index contributed by atoms with van der Waals surface area (Å²) in [5.41, 5.74) is 2.92. The number of hydrogen-bond acceptors (Lipinski definition) is 4. The molecule has 0 bridgehead atoms. The Morgan fingerprint density at radius 3 is 2.53 bits per heavy atom. The largest absolute Gasteiger partial charge is 0.302 e. The molecular formula is C20H17BrCl3N7O. The molecule has 3 heterocycles. The quantitative estimate of drug-likeness (QED) is 0.343. The van der Waals surface area contributed by atoms with Crippen LogP contribution >= 0.6 is 50.7 Å². The first-order valence-corrected chi connectivity index (χ1v) is 11.3. The maximum absolute atomic E-state index is 12.7. The second-order valence-electron chi connectivity index (χ2n) is 7.08. The number of nitrogens with one attached hydrogen (secondary N) is 1. The summed E-state index contributed by atoms with van der Waals surface area (Å²) in [6, 6.07) is 6.84. The van der Waals surface area contributed by atoms with Gasteiger partial charge in [0.05, 0.1) is 22.4 Å². The van der Waals surface area contributed by atoms with Crippen LogP contribution in [0.15, 0.2) is 41.1 Å². The van der Waals surface area contributed by atoms with E-state index >= 15 is 0 Å². The maximum Gasteiger partial charge on any atom is 0.277 e. The molecule has 0 radical (unpaired) electrons. The lowest BCUT2D eigenvalue weighted by atomic mass is 10.2. The van der Waals surface area contributed by atoms with Crippen LogP contribution in [0.25, 0.3) is 0 Å². The number of amides is 1. The molecule has 8 nitrogen and oxygen atoms in total. The average molecular weight is 558 g/mol. The lowest BCUT2D eigenvalue weighted by molar-refractivity contribution is 0.102. The van der Waals surface area contributed by atoms with E-state index in [1.54, 1.807) is 44.6 Å². The van der Waals surface area contributed by atoms with E-state index in [-0.39, 0.29) is 11.5 Å². The van der Waals surface area contributed by atoms with E-state index in [0.29, 0.717) is 28.3 Å². The van der Waals surface area contributed by atoms with Crippen molar-refractivity contribution >= 4 is 62.5 Å². The third kappa shape index (κ3) is 4.85. The Balaban J connectivity index is 1.44. The second kappa shape index (κ2) is 9.27. The average Bonchev–Trinajstić information content (AvgIpc) is 3.40. The monoisotopic (exact) mass is 555 g/mol. The van der Waals surface area contributed by atoms with Gasteiger partial charge in [-0.15, -0.1) is 0 Å². The van der Waals surface area contributed by atoms with Gasteiger partial charge in [-0.1, -0.05) is 40.9 Å². The molecule has 3 aromatic heterocycles. The lowest BCUT2D eigenvalue weighted by Crippen LogP contribution is -2.16. The molecule has 0 saturated carbocycles. The number of aromatic nitrogens is 6. The molecule has 4 rings (SSSR count). The Kier molecular flexibility index (Phi) is 6.62. The molecule has 1 N–H and O–H groups in total. The zero-order chi connectivity index (χ0) is 23.0. The zero-order valence-electron chi connectivity index (χ0n) is 17.0. The van der Waals surface area contributed by atoms with Crippen LogP contribution < -0.4 is 5.32 Å². The number of aryl methyl sites for hydroxylation is 1. The molecule has 166 valence electrons. The van der Waals surface area contributed by atoms with E-state index in [1.807, 2.05) is 19.9 Å². The number of benzene rings is 1. The summed E-state index contributed by atoms with van der Waals surface area (Å²) in [7, 11) is 0. The van der Waals surface area contributed by atoms with Crippen LogP contribution in [-0.2, 0) is 13.2 Å².